The van der Waals surface area contributed by atoms with E-state index in [-0.39, 0.29) is 12.1 Å². The number of para-hydroxylation sites is 1. The highest BCUT2D eigenvalue weighted by Crippen LogP contribution is 2.23. The van der Waals surface area contributed by atoms with Gasteiger partial charge in [0, 0.05) is 19.1 Å². The van der Waals surface area contributed by atoms with Crippen molar-refractivity contribution in [2.45, 2.75) is 32.9 Å². The van der Waals surface area contributed by atoms with E-state index >= 15 is 0 Å². The van der Waals surface area contributed by atoms with Crippen LogP contribution in [0, 0.1) is 0 Å². The highest BCUT2D eigenvalue weighted by Gasteiger charge is 2.21. The predicted molar refractivity (Wildman–Crippen MR) is 79.4 cm³/mol. The fourth-order valence-electron chi connectivity index (χ4n) is 1.61. The van der Waals surface area contributed by atoms with Gasteiger partial charge in [0.15, 0.2) is 0 Å². The van der Waals surface area contributed by atoms with E-state index in [0.29, 0.717) is 5.69 Å². The van der Waals surface area contributed by atoms with Crippen molar-refractivity contribution in [3.8, 4) is 0 Å². The van der Waals surface area contributed by atoms with Gasteiger partial charge in [0.05, 0.1) is 5.69 Å². The van der Waals surface area contributed by atoms with Crippen LogP contribution in [0.25, 0.3) is 0 Å². The quantitative estimate of drug-likeness (QED) is 0.840. The minimum atomic E-state index is -3.52. The monoisotopic (exact) mass is 285 g/mol. The second kappa shape index (κ2) is 6.36. The molecule has 0 fully saturated rings. The Bertz CT molecular complexity index is 514. The van der Waals surface area contributed by atoms with Crippen LogP contribution in [0.4, 0.5) is 5.69 Å². The zero-order chi connectivity index (χ0) is 14.6. The normalized spacial score (nSPS) is 13.8. The van der Waals surface area contributed by atoms with Crippen LogP contribution in [-0.2, 0) is 10.2 Å². The van der Waals surface area contributed by atoms with Crippen molar-refractivity contribution in [1.29, 1.82) is 0 Å². The first-order chi connectivity index (χ1) is 8.79. The maximum atomic E-state index is 12.2. The largest absolute Gasteiger partial charge is 0.313 e. The predicted octanol–water partition coefficient (Wildman–Crippen LogP) is 1.96. The van der Waals surface area contributed by atoms with Gasteiger partial charge in [-0.2, -0.15) is 12.7 Å². The Hall–Kier alpha value is -1.11. The first kappa shape index (κ1) is 15.9. The molecular weight excluding hydrogens is 262 g/mol. The molecule has 0 bridgehead atoms. The van der Waals surface area contributed by atoms with Crippen molar-refractivity contribution in [3.05, 3.63) is 29.8 Å². The zero-order valence-corrected chi connectivity index (χ0v) is 13.0. The van der Waals surface area contributed by atoms with Gasteiger partial charge in [0.1, 0.15) is 0 Å². The summed E-state index contributed by atoms with van der Waals surface area (Å²) in [7, 11) is -0.111. The number of benzene rings is 1. The van der Waals surface area contributed by atoms with Gasteiger partial charge >= 0.3 is 10.2 Å². The summed E-state index contributed by atoms with van der Waals surface area (Å²) in [6, 6.07) is 7.38. The molecule has 19 heavy (non-hydrogen) atoms. The Morgan fingerprint density at radius 1 is 1.16 bits per heavy atom. The van der Waals surface area contributed by atoms with Crippen molar-refractivity contribution in [3.63, 3.8) is 0 Å². The van der Waals surface area contributed by atoms with Gasteiger partial charge in [-0.05, 0) is 39.4 Å². The van der Waals surface area contributed by atoms with Crippen LogP contribution in [-0.4, -0.2) is 32.9 Å². The second-order valence-corrected chi connectivity index (χ2v) is 6.54. The van der Waals surface area contributed by atoms with Gasteiger partial charge in [-0.25, -0.2) is 0 Å². The average molecular weight is 285 g/mol. The average Bonchev–Trinajstić information content (AvgIpc) is 2.37. The molecule has 6 heteroatoms. The van der Waals surface area contributed by atoms with E-state index in [9.17, 15) is 8.42 Å². The molecule has 0 spiro atoms. The molecule has 0 aromatic heterocycles. The number of nitrogens with one attached hydrogen (secondary N) is 2. The fourth-order valence-corrected chi connectivity index (χ4v) is 2.77. The number of hydrogen-bond acceptors (Lipinski definition) is 3. The summed E-state index contributed by atoms with van der Waals surface area (Å²) in [6.45, 7) is 5.65. The highest BCUT2D eigenvalue weighted by molar-refractivity contribution is 7.90. The molecule has 5 nitrogen and oxygen atoms in total. The minimum absolute atomic E-state index is 0.0725. The number of nitrogens with zero attached hydrogens (tertiary/aromatic N) is 1. The van der Waals surface area contributed by atoms with Gasteiger partial charge in [-0.3, -0.25) is 4.72 Å². The Kier molecular flexibility index (Phi) is 5.34. The maximum absolute atomic E-state index is 12.2. The topological polar surface area (TPSA) is 61.4 Å². The van der Waals surface area contributed by atoms with Crippen LogP contribution >= 0.6 is 0 Å². The zero-order valence-electron chi connectivity index (χ0n) is 12.1. The maximum Gasteiger partial charge on any atom is 0.301 e. The van der Waals surface area contributed by atoms with Crippen molar-refractivity contribution in [1.82, 2.24) is 9.62 Å². The molecule has 0 aliphatic carbocycles. The molecule has 0 radical (unpaired) electrons. The smallest absolute Gasteiger partial charge is 0.301 e. The molecule has 0 aliphatic heterocycles. The molecule has 0 aliphatic rings. The van der Waals surface area contributed by atoms with Crippen molar-refractivity contribution < 1.29 is 8.42 Å². The highest BCUT2D eigenvalue weighted by atomic mass is 32.2. The second-order valence-electron chi connectivity index (χ2n) is 4.81. The lowest BCUT2D eigenvalue weighted by atomic mass is 10.1. The number of hydrogen-bond donors (Lipinski definition) is 2. The molecule has 0 saturated carbocycles. The van der Waals surface area contributed by atoms with Gasteiger partial charge in [0.2, 0.25) is 0 Å². The molecule has 1 aromatic carbocycles. The van der Waals surface area contributed by atoms with Crippen LogP contribution in [0.3, 0.4) is 0 Å². The summed E-state index contributed by atoms with van der Waals surface area (Å²) in [5, 5.41) is 3.11. The van der Waals surface area contributed by atoms with Gasteiger partial charge < -0.3 is 5.32 Å². The van der Waals surface area contributed by atoms with E-state index in [2.05, 4.69) is 10.0 Å². The first-order valence-electron chi connectivity index (χ1n) is 6.31. The molecule has 0 saturated heterocycles. The van der Waals surface area contributed by atoms with Gasteiger partial charge in [0.25, 0.3) is 0 Å². The lowest BCUT2D eigenvalue weighted by Gasteiger charge is -2.23. The molecule has 1 aromatic rings. The lowest BCUT2D eigenvalue weighted by molar-refractivity contribution is 0.414. The number of anilines is 1. The van der Waals surface area contributed by atoms with Crippen LogP contribution in [0.1, 0.15) is 32.4 Å². The lowest BCUT2D eigenvalue weighted by Crippen LogP contribution is -2.37. The summed E-state index contributed by atoms with van der Waals surface area (Å²) < 4.78 is 28.4. The SMILES string of the molecule is CNC(C)c1ccccc1NS(=O)(=O)N(C)C(C)C. The van der Waals surface area contributed by atoms with E-state index in [0.717, 1.165) is 5.56 Å². The Morgan fingerprint density at radius 3 is 2.26 bits per heavy atom. The molecule has 2 N–H and O–H groups in total. The number of rotatable bonds is 6. The minimum Gasteiger partial charge on any atom is -0.313 e. The van der Waals surface area contributed by atoms with Gasteiger partial charge in [-0.15, -0.1) is 0 Å². The van der Waals surface area contributed by atoms with Crippen LogP contribution < -0.4 is 10.0 Å². The molecular formula is C13H23N3O2S. The Morgan fingerprint density at radius 2 is 1.74 bits per heavy atom. The molecule has 1 unspecified atom stereocenters. The third-order valence-electron chi connectivity index (χ3n) is 3.21. The Labute approximate surface area is 116 Å². The molecule has 0 amide bonds. The molecule has 1 rings (SSSR count). The van der Waals surface area contributed by atoms with Crippen molar-refractivity contribution in [2.75, 3.05) is 18.8 Å². The van der Waals surface area contributed by atoms with Crippen LogP contribution in [0.2, 0.25) is 0 Å². The summed E-state index contributed by atoms with van der Waals surface area (Å²) in [5.41, 5.74) is 1.53. The summed E-state index contributed by atoms with van der Waals surface area (Å²) >= 11 is 0. The van der Waals surface area contributed by atoms with E-state index in [1.165, 1.54) is 4.31 Å². The summed E-state index contributed by atoms with van der Waals surface area (Å²) in [4.78, 5) is 0. The van der Waals surface area contributed by atoms with Gasteiger partial charge in [-0.1, -0.05) is 18.2 Å². The van der Waals surface area contributed by atoms with E-state index < -0.39 is 10.2 Å². The van der Waals surface area contributed by atoms with Crippen LogP contribution in [0.5, 0.6) is 0 Å². The molecule has 108 valence electrons. The van der Waals surface area contributed by atoms with Crippen molar-refractivity contribution in [2.24, 2.45) is 0 Å². The standard InChI is InChI=1S/C13H23N3O2S/c1-10(2)16(5)19(17,18)15-13-9-7-6-8-12(13)11(3)14-4/h6-11,14-15H,1-5H3. The third-order valence-corrected chi connectivity index (χ3v) is 4.86. The van der Waals surface area contributed by atoms with E-state index in [1.54, 1.807) is 13.1 Å². The third kappa shape index (κ3) is 3.92. The summed E-state index contributed by atoms with van der Waals surface area (Å²) in [6.07, 6.45) is 0. The molecule has 0 heterocycles. The van der Waals surface area contributed by atoms with Crippen LogP contribution in [0.15, 0.2) is 24.3 Å². The van der Waals surface area contributed by atoms with Crippen molar-refractivity contribution >= 4 is 15.9 Å². The van der Waals surface area contributed by atoms with E-state index in [4.69, 9.17) is 0 Å². The van der Waals surface area contributed by atoms with E-state index in [1.807, 2.05) is 46.0 Å². The molecule has 1 atom stereocenters. The summed E-state index contributed by atoms with van der Waals surface area (Å²) in [5.74, 6) is 0. The fraction of sp³-hybridized carbons (Fsp3) is 0.538. The Balaban J connectivity index is 3.06. The first-order valence-corrected chi connectivity index (χ1v) is 7.75.